The summed E-state index contributed by atoms with van der Waals surface area (Å²) < 4.78 is 16.8. The molecule has 16 heteroatoms. The Labute approximate surface area is 364 Å². The number of carbonyl (C=O) groups excluding carboxylic acids is 3. The van der Waals surface area contributed by atoms with Crippen LogP contribution in [0.15, 0.2) is 95.8 Å². The van der Waals surface area contributed by atoms with Crippen molar-refractivity contribution >= 4 is 52.0 Å². The molecule has 1 aliphatic rings. The number of methoxy groups -OCH3 is 1. The number of carbonyl (C=O) groups is 3. The van der Waals surface area contributed by atoms with Crippen molar-refractivity contribution in [3.05, 3.63) is 117 Å². The number of halogens is 1. The number of para-hydroxylation sites is 1. The Balaban J connectivity index is 0.843. The number of aromatic nitrogens is 1. The minimum atomic E-state index is -0.949. The second-order valence-electron chi connectivity index (χ2n) is 15.1. The molecule has 62 heavy (non-hydrogen) atoms. The number of aliphatic hydroxyl groups is 1. The number of piperidine rings is 1. The molecule has 0 radical (unpaired) electrons. The number of phenols is 1. The molecule has 328 valence electrons. The maximum absolute atomic E-state index is 12.8. The van der Waals surface area contributed by atoms with Crippen LogP contribution in [0.3, 0.4) is 0 Å². The van der Waals surface area contributed by atoms with Gasteiger partial charge in [-0.1, -0.05) is 66.2 Å². The molecule has 4 aromatic carbocycles. The fraction of sp³-hybridized carbons (Fsp3) is 0.348. The van der Waals surface area contributed by atoms with Crippen LogP contribution in [0, 0.1) is 0 Å². The molecule has 1 aliphatic heterocycles. The van der Waals surface area contributed by atoms with Crippen LogP contribution in [0.2, 0.25) is 5.02 Å². The number of hydrogen-bond donors (Lipinski definition) is 6. The molecule has 6 N–H and O–H groups in total. The number of hydrogen-bond acceptors (Lipinski definition) is 11. The van der Waals surface area contributed by atoms with Gasteiger partial charge in [-0.15, -0.1) is 0 Å². The third-order valence-corrected chi connectivity index (χ3v) is 11.0. The number of unbranched alkanes of at least 4 members (excludes halogenated alkanes) is 1. The SMILES string of the molecule is COc1cc(NC(=O)CCCCN(C)C(=O)OCCN2CCC(OC(=O)Nc3ccccc3-c3ccccc3)CC2)c(Cl)cc1CNC[C@H](O)c1ccc(O)c2[nH]c(=O)ccc12. The Bertz CT molecular complexity index is 2370. The molecular formula is C46H53ClN6O9. The number of benzene rings is 4. The number of ether oxygens (including phenoxy) is 3. The largest absolute Gasteiger partial charge is 0.506 e. The lowest BCUT2D eigenvalue weighted by Gasteiger charge is -2.31. The Morgan fingerprint density at radius 1 is 0.952 bits per heavy atom. The van der Waals surface area contributed by atoms with Crippen molar-refractivity contribution in [1.82, 2.24) is 20.1 Å². The normalized spacial score (nSPS) is 13.6. The molecule has 2 heterocycles. The number of aromatic hydroxyl groups is 1. The highest BCUT2D eigenvalue weighted by Gasteiger charge is 2.23. The average molecular weight is 869 g/mol. The van der Waals surface area contributed by atoms with Crippen LogP contribution in [0.1, 0.15) is 49.3 Å². The first-order chi connectivity index (χ1) is 30.0. The van der Waals surface area contributed by atoms with Gasteiger partial charge in [0, 0.05) is 81.4 Å². The lowest BCUT2D eigenvalue weighted by Crippen LogP contribution is -2.40. The highest BCUT2D eigenvalue weighted by atomic mass is 35.5. The molecule has 0 spiro atoms. The van der Waals surface area contributed by atoms with Gasteiger partial charge < -0.3 is 44.9 Å². The number of rotatable bonds is 18. The topological polar surface area (TPSA) is 195 Å². The predicted molar refractivity (Wildman–Crippen MR) is 239 cm³/mol. The predicted octanol–water partition coefficient (Wildman–Crippen LogP) is 7.28. The quantitative estimate of drug-likeness (QED) is 0.0485. The van der Waals surface area contributed by atoms with Crippen LogP contribution in [-0.2, 0) is 20.8 Å². The van der Waals surface area contributed by atoms with Crippen molar-refractivity contribution < 1.29 is 38.8 Å². The summed E-state index contributed by atoms with van der Waals surface area (Å²) in [5.74, 6) is 0.160. The van der Waals surface area contributed by atoms with Gasteiger partial charge in [0.05, 0.1) is 35.1 Å². The molecule has 15 nitrogen and oxygen atoms in total. The zero-order valence-electron chi connectivity index (χ0n) is 34.8. The van der Waals surface area contributed by atoms with Crippen LogP contribution in [0.25, 0.3) is 22.0 Å². The molecule has 3 amide bonds. The zero-order chi connectivity index (χ0) is 44.0. The van der Waals surface area contributed by atoms with Gasteiger partial charge in [-0.05, 0) is 61.1 Å². The van der Waals surface area contributed by atoms with Crippen molar-refractivity contribution in [3.8, 4) is 22.6 Å². The fourth-order valence-corrected chi connectivity index (χ4v) is 7.57. The maximum atomic E-state index is 12.8. The standard InChI is InChI=1S/C46H53ClN6O9/c1-52(46(59)61-25-24-53-22-19-32(20-23-53)62-45(58)50-37-13-7-6-12-33(37)30-10-4-3-5-11-30)21-9-8-14-42(56)49-38-27-41(60-2)31(26-36(38)47)28-48-29-40(55)34-15-17-39(54)44-35(34)16-18-43(57)51-44/h3-7,10-13,15-18,26-27,32,40,48,54-55H,8-9,14,19-25,28-29H2,1-2H3,(H,49,56)(H,50,58)(H,51,57)/t40-/m0/s1. The summed E-state index contributed by atoms with van der Waals surface area (Å²) in [7, 11) is 3.17. The smallest absolute Gasteiger partial charge is 0.411 e. The lowest BCUT2D eigenvalue weighted by molar-refractivity contribution is -0.116. The van der Waals surface area contributed by atoms with Crippen molar-refractivity contribution in [3.63, 3.8) is 0 Å². The first kappa shape index (κ1) is 45.4. The number of H-pyrrole nitrogens is 1. The van der Waals surface area contributed by atoms with E-state index in [1.165, 1.54) is 24.1 Å². The van der Waals surface area contributed by atoms with E-state index < -0.39 is 18.3 Å². The minimum absolute atomic E-state index is 0.0889. The van der Waals surface area contributed by atoms with Crippen molar-refractivity contribution in [1.29, 1.82) is 0 Å². The molecule has 0 saturated carbocycles. The molecule has 6 rings (SSSR count). The van der Waals surface area contributed by atoms with E-state index in [-0.39, 0.29) is 48.4 Å². The van der Waals surface area contributed by atoms with Gasteiger partial charge >= 0.3 is 12.2 Å². The molecule has 0 unspecified atom stereocenters. The number of nitrogens with one attached hydrogen (secondary N) is 4. The summed E-state index contributed by atoms with van der Waals surface area (Å²) in [5.41, 5.74) is 4.14. The van der Waals surface area contributed by atoms with E-state index in [1.54, 1.807) is 31.3 Å². The number of fused-ring (bicyclic) bond motifs is 1. The Hall–Kier alpha value is -6.13. The molecule has 1 saturated heterocycles. The second-order valence-corrected chi connectivity index (χ2v) is 15.5. The van der Waals surface area contributed by atoms with Gasteiger partial charge in [-0.25, -0.2) is 9.59 Å². The van der Waals surface area contributed by atoms with Gasteiger partial charge in [-0.2, -0.15) is 0 Å². The van der Waals surface area contributed by atoms with Crippen molar-refractivity contribution in [2.75, 3.05) is 64.1 Å². The third-order valence-electron chi connectivity index (χ3n) is 10.7. The summed E-state index contributed by atoms with van der Waals surface area (Å²) in [6, 6.07) is 26.7. The highest BCUT2D eigenvalue weighted by molar-refractivity contribution is 6.33. The van der Waals surface area contributed by atoms with E-state index in [4.69, 9.17) is 25.8 Å². The Kier molecular flexibility index (Phi) is 16.2. The number of nitrogens with zero attached hydrogens (tertiary/aromatic N) is 2. The summed E-state index contributed by atoms with van der Waals surface area (Å²) in [6.45, 7) is 3.09. The highest BCUT2D eigenvalue weighted by Crippen LogP contribution is 2.33. The first-order valence-electron chi connectivity index (χ1n) is 20.6. The molecule has 1 atom stereocenters. The third kappa shape index (κ3) is 12.5. The first-order valence-corrected chi connectivity index (χ1v) is 21.0. The van der Waals surface area contributed by atoms with Crippen LogP contribution >= 0.6 is 11.6 Å². The molecule has 1 fully saturated rings. The van der Waals surface area contributed by atoms with Gasteiger partial charge in [0.15, 0.2) is 0 Å². The number of amides is 3. The van der Waals surface area contributed by atoms with E-state index in [9.17, 15) is 29.4 Å². The maximum Gasteiger partial charge on any atom is 0.411 e. The summed E-state index contributed by atoms with van der Waals surface area (Å²) in [4.78, 5) is 56.2. The van der Waals surface area contributed by atoms with Crippen LogP contribution in [-0.4, -0.2) is 103 Å². The number of anilines is 2. The average Bonchev–Trinajstić information content (AvgIpc) is 3.27. The lowest BCUT2D eigenvalue weighted by atomic mass is 10.0. The minimum Gasteiger partial charge on any atom is -0.506 e. The van der Waals surface area contributed by atoms with E-state index in [1.807, 2.05) is 54.6 Å². The zero-order valence-corrected chi connectivity index (χ0v) is 35.6. The number of pyridine rings is 1. The number of likely N-dealkylation sites (tertiary alicyclic amines) is 1. The van der Waals surface area contributed by atoms with Crippen LogP contribution in [0.4, 0.5) is 21.0 Å². The van der Waals surface area contributed by atoms with Gasteiger partial charge in [0.1, 0.15) is 24.2 Å². The summed E-state index contributed by atoms with van der Waals surface area (Å²) >= 11 is 6.55. The number of phenolic OH excluding ortho intramolecular Hbond substituents is 1. The van der Waals surface area contributed by atoms with E-state index in [0.29, 0.717) is 97.1 Å². The summed E-state index contributed by atoms with van der Waals surface area (Å²) in [6.07, 6.45) is 0.618. The monoisotopic (exact) mass is 868 g/mol. The Morgan fingerprint density at radius 2 is 1.71 bits per heavy atom. The van der Waals surface area contributed by atoms with E-state index >= 15 is 0 Å². The summed E-state index contributed by atoms with van der Waals surface area (Å²) in [5, 5.41) is 30.8. The molecule has 5 aromatic rings. The van der Waals surface area contributed by atoms with Crippen molar-refractivity contribution in [2.45, 2.75) is 50.9 Å². The van der Waals surface area contributed by atoms with E-state index in [0.717, 1.165) is 11.1 Å². The van der Waals surface area contributed by atoms with Gasteiger partial charge in [0.2, 0.25) is 11.5 Å². The fourth-order valence-electron chi connectivity index (χ4n) is 7.34. The van der Waals surface area contributed by atoms with E-state index in [2.05, 4.69) is 25.8 Å². The second kappa shape index (κ2) is 22.1. The van der Waals surface area contributed by atoms with Crippen LogP contribution < -0.4 is 26.2 Å². The molecule has 0 aliphatic carbocycles. The molecule has 0 bridgehead atoms. The molecule has 1 aromatic heterocycles. The Morgan fingerprint density at radius 3 is 2.48 bits per heavy atom. The van der Waals surface area contributed by atoms with Gasteiger partial charge in [-0.3, -0.25) is 19.8 Å². The molecular weight excluding hydrogens is 816 g/mol. The number of aromatic amines is 1. The van der Waals surface area contributed by atoms with Gasteiger partial charge in [0.25, 0.3) is 0 Å². The van der Waals surface area contributed by atoms with Crippen molar-refractivity contribution in [2.24, 2.45) is 0 Å². The van der Waals surface area contributed by atoms with Crippen LogP contribution in [0.5, 0.6) is 11.5 Å². The number of aliphatic hydroxyl groups excluding tert-OH is 1.